The number of hydrogen-bond acceptors (Lipinski definition) is 2. The van der Waals surface area contributed by atoms with Crippen LogP contribution in [0.4, 0.5) is 0 Å². The summed E-state index contributed by atoms with van der Waals surface area (Å²) in [7, 11) is 0. The van der Waals surface area contributed by atoms with Crippen LogP contribution in [0.1, 0.15) is 154 Å². The van der Waals surface area contributed by atoms with Crippen LogP contribution in [0, 0.1) is 0 Å². The first-order valence-corrected chi connectivity index (χ1v) is 15.2. The number of unbranched alkanes of at least 4 members (excludes halogenated alkanes) is 14. The molecule has 0 spiro atoms. The minimum absolute atomic E-state index is 0.846. The van der Waals surface area contributed by atoms with Gasteiger partial charge in [-0.15, -0.1) is 0 Å². The summed E-state index contributed by atoms with van der Waals surface area (Å²) in [5.74, 6) is 2.26. The Balaban J connectivity index is 2.78. The van der Waals surface area contributed by atoms with Gasteiger partial charge in [0.15, 0.2) is 0 Å². The number of ether oxygens (including phenoxy) is 2. The third kappa shape index (κ3) is 14.9. The van der Waals surface area contributed by atoms with E-state index in [2.05, 4.69) is 39.8 Å². The molecule has 0 aliphatic heterocycles. The van der Waals surface area contributed by atoms with E-state index in [1.807, 2.05) is 0 Å². The monoisotopic (exact) mass is 474 g/mol. The lowest BCUT2D eigenvalue weighted by Crippen LogP contribution is -2.06. The minimum Gasteiger partial charge on any atom is -0.493 e. The van der Waals surface area contributed by atoms with Crippen LogP contribution in [-0.4, -0.2) is 13.2 Å². The van der Waals surface area contributed by atoms with E-state index in [9.17, 15) is 0 Å². The maximum Gasteiger partial charge on any atom is 0.123 e. The van der Waals surface area contributed by atoms with Crippen LogP contribution < -0.4 is 9.47 Å². The Morgan fingerprint density at radius 2 is 0.735 bits per heavy atom. The van der Waals surface area contributed by atoms with Gasteiger partial charge in [-0.2, -0.15) is 0 Å². The quantitative estimate of drug-likeness (QED) is 0.139. The Labute approximate surface area is 213 Å². The summed E-state index contributed by atoms with van der Waals surface area (Å²) in [6.45, 7) is 10.8. The van der Waals surface area contributed by atoms with E-state index in [0.29, 0.717) is 0 Å². The largest absolute Gasteiger partial charge is 0.493 e. The zero-order chi connectivity index (χ0) is 24.7. The van der Waals surface area contributed by atoms with Crippen LogP contribution >= 0.6 is 0 Å². The van der Waals surface area contributed by atoms with Gasteiger partial charge in [0.2, 0.25) is 0 Å². The Morgan fingerprint density at radius 3 is 1.12 bits per heavy atom. The summed E-state index contributed by atoms with van der Waals surface area (Å²) in [5.41, 5.74) is 2.72. The van der Waals surface area contributed by atoms with E-state index in [0.717, 1.165) is 37.6 Å². The zero-order valence-electron chi connectivity index (χ0n) is 23.5. The normalized spacial score (nSPS) is 11.2. The van der Waals surface area contributed by atoms with Crippen molar-refractivity contribution in [2.75, 3.05) is 13.2 Å². The molecule has 0 saturated carbocycles. The summed E-state index contributed by atoms with van der Waals surface area (Å²) in [6.07, 6.45) is 25.4. The highest BCUT2D eigenvalue weighted by molar-refractivity contribution is 5.47. The molecule has 0 N–H and O–H groups in total. The Hall–Kier alpha value is -1.18. The molecule has 0 radical (unpaired) electrons. The maximum atomic E-state index is 6.40. The molecule has 2 nitrogen and oxygen atoms in total. The molecule has 1 aromatic rings. The molecule has 0 aliphatic carbocycles. The molecule has 0 amide bonds. The van der Waals surface area contributed by atoms with Gasteiger partial charge >= 0.3 is 0 Å². The first-order valence-electron chi connectivity index (χ1n) is 15.2. The van der Waals surface area contributed by atoms with Crippen LogP contribution in [0.25, 0.3) is 0 Å². The molecule has 0 fully saturated rings. The molecule has 1 aromatic carbocycles. The summed E-state index contributed by atoms with van der Waals surface area (Å²) >= 11 is 0. The summed E-state index contributed by atoms with van der Waals surface area (Å²) in [5, 5.41) is 0. The number of hydrogen-bond donors (Lipinski definition) is 0. The van der Waals surface area contributed by atoms with Gasteiger partial charge in [-0.25, -0.2) is 0 Å². The van der Waals surface area contributed by atoms with Gasteiger partial charge in [0.05, 0.1) is 13.2 Å². The van der Waals surface area contributed by atoms with Gasteiger partial charge in [-0.1, -0.05) is 118 Å². The third-order valence-corrected chi connectivity index (χ3v) is 6.85. The van der Waals surface area contributed by atoms with E-state index in [1.54, 1.807) is 0 Å². The van der Waals surface area contributed by atoms with E-state index in [-0.39, 0.29) is 0 Å². The van der Waals surface area contributed by atoms with E-state index < -0.39 is 0 Å². The first kappa shape index (κ1) is 30.9. The molecule has 0 atom stereocenters. The first-order chi connectivity index (χ1) is 16.8. The Kier molecular flexibility index (Phi) is 20.2. The van der Waals surface area contributed by atoms with Crippen LogP contribution in [-0.2, 0) is 12.8 Å². The van der Waals surface area contributed by atoms with Crippen molar-refractivity contribution in [1.82, 2.24) is 0 Å². The van der Waals surface area contributed by atoms with E-state index in [4.69, 9.17) is 9.47 Å². The number of benzene rings is 1. The molecule has 0 unspecified atom stereocenters. The molecule has 34 heavy (non-hydrogen) atoms. The molecule has 1 rings (SSSR count). The number of aryl methyl sites for hydroxylation is 2. The molecule has 0 bridgehead atoms. The van der Waals surface area contributed by atoms with Crippen molar-refractivity contribution >= 4 is 0 Å². The fraction of sp³-hybridized carbons (Fsp3) is 0.812. The maximum absolute atomic E-state index is 6.40. The highest BCUT2D eigenvalue weighted by Gasteiger charge is 2.13. The van der Waals surface area contributed by atoms with Gasteiger partial charge < -0.3 is 9.47 Å². The van der Waals surface area contributed by atoms with Crippen molar-refractivity contribution in [2.24, 2.45) is 0 Å². The fourth-order valence-corrected chi connectivity index (χ4v) is 4.56. The van der Waals surface area contributed by atoms with Gasteiger partial charge in [0.1, 0.15) is 11.5 Å². The van der Waals surface area contributed by atoms with Crippen LogP contribution in [0.2, 0.25) is 0 Å². The summed E-state index contributed by atoms with van der Waals surface area (Å²) in [4.78, 5) is 0. The van der Waals surface area contributed by atoms with Gasteiger partial charge in [-0.3, -0.25) is 0 Å². The van der Waals surface area contributed by atoms with E-state index >= 15 is 0 Å². The van der Waals surface area contributed by atoms with Crippen molar-refractivity contribution in [1.29, 1.82) is 0 Å². The highest BCUT2D eigenvalue weighted by Crippen LogP contribution is 2.32. The molecule has 0 saturated heterocycles. The van der Waals surface area contributed by atoms with Gasteiger partial charge in [0, 0.05) is 0 Å². The van der Waals surface area contributed by atoms with Crippen molar-refractivity contribution in [3.8, 4) is 11.5 Å². The second-order valence-electron chi connectivity index (χ2n) is 10.2. The molecule has 0 aliphatic rings. The molecular formula is C32H58O2. The Bertz CT molecular complexity index is 529. The van der Waals surface area contributed by atoms with Crippen molar-refractivity contribution in [3.05, 3.63) is 23.3 Å². The molecular weight excluding hydrogens is 416 g/mol. The second-order valence-corrected chi connectivity index (χ2v) is 10.2. The lowest BCUT2D eigenvalue weighted by atomic mass is 9.99. The number of rotatable bonds is 24. The average Bonchev–Trinajstić information content (AvgIpc) is 2.84. The zero-order valence-corrected chi connectivity index (χ0v) is 23.5. The molecule has 2 heteroatoms. The molecule has 198 valence electrons. The topological polar surface area (TPSA) is 18.5 Å². The lowest BCUT2D eigenvalue weighted by molar-refractivity contribution is 0.291. The predicted octanol–water partition coefficient (Wildman–Crippen LogP) is 10.6. The fourth-order valence-electron chi connectivity index (χ4n) is 4.56. The van der Waals surface area contributed by atoms with Gasteiger partial charge in [0.25, 0.3) is 0 Å². The van der Waals surface area contributed by atoms with Crippen molar-refractivity contribution < 1.29 is 9.47 Å². The Morgan fingerprint density at radius 1 is 0.412 bits per heavy atom. The summed E-state index contributed by atoms with van der Waals surface area (Å²) in [6, 6.07) is 4.68. The van der Waals surface area contributed by atoms with Crippen LogP contribution in [0.5, 0.6) is 11.5 Å². The standard InChI is InChI=1S/C32H58O2/c1-5-9-13-15-17-21-25-33-31-27-30(24-20-12-8-4)32(28-29(31)23-19-11-7-3)34-26-22-18-16-14-10-6-2/h27-28H,5-26H2,1-4H3. The highest BCUT2D eigenvalue weighted by atomic mass is 16.5. The molecule has 0 aromatic heterocycles. The lowest BCUT2D eigenvalue weighted by Gasteiger charge is -2.18. The van der Waals surface area contributed by atoms with Crippen molar-refractivity contribution in [3.63, 3.8) is 0 Å². The minimum atomic E-state index is 0.846. The smallest absolute Gasteiger partial charge is 0.123 e. The van der Waals surface area contributed by atoms with E-state index in [1.165, 1.54) is 127 Å². The SMILES string of the molecule is CCCCCCCCOc1cc(CCCCC)c(OCCCCCCCC)cc1CCCCC. The molecule has 0 heterocycles. The van der Waals surface area contributed by atoms with Crippen molar-refractivity contribution in [2.45, 2.75) is 156 Å². The predicted molar refractivity (Wildman–Crippen MR) is 151 cm³/mol. The third-order valence-electron chi connectivity index (χ3n) is 6.85. The van der Waals surface area contributed by atoms with Gasteiger partial charge in [-0.05, 0) is 61.8 Å². The van der Waals surface area contributed by atoms with Crippen LogP contribution in [0.3, 0.4) is 0 Å². The summed E-state index contributed by atoms with van der Waals surface area (Å²) < 4.78 is 12.8. The second kappa shape index (κ2) is 22.3. The van der Waals surface area contributed by atoms with Crippen LogP contribution in [0.15, 0.2) is 12.1 Å². The average molecular weight is 475 g/mol.